The zero-order chi connectivity index (χ0) is 19.2. The molecule has 0 heterocycles. The van der Waals surface area contributed by atoms with Crippen molar-refractivity contribution in [1.29, 1.82) is 0 Å². The highest BCUT2D eigenvalue weighted by atomic mass is 16.4. The van der Waals surface area contributed by atoms with E-state index in [-0.39, 0.29) is 0 Å². The molecule has 3 rings (SSSR count). The van der Waals surface area contributed by atoms with Crippen molar-refractivity contribution in [3.63, 3.8) is 0 Å². The number of carboxylic acids is 1. The molecule has 1 N–H and O–H groups in total. The Hall–Kier alpha value is -2.09. The summed E-state index contributed by atoms with van der Waals surface area (Å²) in [5.74, 6) is 0.376. The molecule has 0 spiro atoms. The van der Waals surface area contributed by atoms with E-state index in [4.69, 9.17) is 0 Å². The molecule has 0 amide bonds. The Morgan fingerprint density at radius 2 is 1.67 bits per heavy atom. The summed E-state index contributed by atoms with van der Waals surface area (Å²) in [6, 6.07) is 14.5. The molecule has 1 fully saturated rings. The summed E-state index contributed by atoms with van der Waals surface area (Å²) < 4.78 is 0. The van der Waals surface area contributed by atoms with E-state index < -0.39 is 5.97 Å². The Kier molecular flexibility index (Phi) is 6.71. The first-order chi connectivity index (χ1) is 13.1. The van der Waals surface area contributed by atoms with Gasteiger partial charge in [-0.15, -0.1) is 0 Å². The van der Waals surface area contributed by atoms with Gasteiger partial charge in [-0.2, -0.15) is 0 Å². The maximum absolute atomic E-state index is 12.0. The van der Waals surface area contributed by atoms with Gasteiger partial charge >= 0.3 is 5.97 Å². The number of hydrogen-bond acceptors (Lipinski definition) is 1. The number of carboxylic acid groups (broad SMARTS) is 1. The van der Waals surface area contributed by atoms with Gasteiger partial charge in [0.15, 0.2) is 0 Å². The van der Waals surface area contributed by atoms with Crippen molar-refractivity contribution in [2.75, 3.05) is 0 Å². The third kappa shape index (κ3) is 4.61. The molecule has 2 nitrogen and oxygen atoms in total. The fourth-order valence-electron chi connectivity index (χ4n) is 4.73. The highest BCUT2D eigenvalue weighted by molar-refractivity contribution is 5.92. The second-order valence-corrected chi connectivity index (χ2v) is 8.03. The predicted molar refractivity (Wildman–Crippen MR) is 112 cm³/mol. The molecule has 144 valence electrons. The third-order valence-electron chi connectivity index (χ3n) is 6.09. The van der Waals surface area contributed by atoms with E-state index in [0.717, 1.165) is 48.3 Å². The Balaban J connectivity index is 1.95. The van der Waals surface area contributed by atoms with E-state index in [0.29, 0.717) is 11.5 Å². The lowest BCUT2D eigenvalue weighted by Crippen LogP contribution is -2.16. The highest BCUT2D eigenvalue weighted by Crippen LogP contribution is 2.42. The van der Waals surface area contributed by atoms with Gasteiger partial charge < -0.3 is 5.11 Å². The van der Waals surface area contributed by atoms with E-state index in [9.17, 15) is 9.90 Å². The topological polar surface area (TPSA) is 37.3 Å². The molecule has 0 aliphatic heterocycles. The number of aromatic carboxylic acids is 1. The van der Waals surface area contributed by atoms with Gasteiger partial charge in [0.25, 0.3) is 0 Å². The minimum atomic E-state index is -0.801. The first-order valence-electron chi connectivity index (χ1n) is 10.6. The maximum atomic E-state index is 12.0. The van der Waals surface area contributed by atoms with Crippen molar-refractivity contribution in [2.24, 2.45) is 5.92 Å². The van der Waals surface area contributed by atoms with Crippen LogP contribution in [0.5, 0.6) is 0 Å². The van der Waals surface area contributed by atoms with E-state index in [1.807, 2.05) is 6.07 Å². The zero-order valence-corrected chi connectivity index (χ0v) is 16.7. The average Bonchev–Trinajstić information content (AvgIpc) is 2.69. The summed E-state index contributed by atoms with van der Waals surface area (Å²) in [5, 5.41) is 9.82. The minimum absolute atomic E-state index is 0.357. The summed E-state index contributed by atoms with van der Waals surface area (Å²) in [5.41, 5.74) is 5.14. The molecule has 1 aliphatic carbocycles. The van der Waals surface area contributed by atoms with Crippen LogP contribution >= 0.6 is 0 Å². The van der Waals surface area contributed by atoms with E-state index >= 15 is 0 Å². The second-order valence-electron chi connectivity index (χ2n) is 8.03. The van der Waals surface area contributed by atoms with Crippen molar-refractivity contribution >= 4 is 5.97 Å². The van der Waals surface area contributed by atoms with Crippen LogP contribution in [0.15, 0.2) is 42.5 Å². The fraction of sp³-hybridized carbons (Fsp3) is 0.480. The van der Waals surface area contributed by atoms with Gasteiger partial charge in [-0.25, -0.2) is 4.79 Å². The van der Waals surface area contributed by atoms with Crippen LogP contribution in [-0.4, -0.2) is 11.1 Å². The Morgan fingerprint density at radius 3 is 2.26 bits per heavy atom. The van der Waals surface area contributed by atoms with E-state index in [2.05, 4.69) is 44.2 Å². The van der Waals surface area contributed by atoms with Gasteiger partial charge in [-0.1, -0.05) is 69.5 Å². The van der Waals surface area contributed by atoms with Crippen molar-refractivity contribution in [1.82, 2.24) is 0 Å². The summed E-state index contributed by atoms with van der Waals surface area (Å²) in [6.07, 6.45) is 9.44. The van der Waals surface area contributed by atoms with E-state index in [1.165, 1.54) is 31.2 Å². The number of hydrogen-bond donors (Lipinski definition) is 1. The minimum Gasteiger partial charge on any atom is -0.478 e. The van der Waals surface area contributed by atoms with Crippen LogP contribution in [0, 0.1) is 5.92 Å². The molecule has 27 heavy (non-hydrogen) atoms. The highest BCUT2D eigenvalue weighted by Gasteiger charge is 2.27. The lowest BCUT2D eigenvalue weighted by Gasteiger charge is -2.31. The lowest BCUT2D eigenvalue weighted by atomic mass is 9.74. The summed E-state index contributed by atoms with van der Waals surface area (Å²) in [4.78, 5) is 12.0. The molecule has 0 bridgehead atoms. The van der Waals surface area contributed by atoms with E-state index in [1.54, 1.807) is 6.07 Å². The van der Waals surface area contributed by atoms with Crippen molar-refractivity contribution in [3.05, 3.63) is 59.2 Å². The van der Waals surface area contributed by atoms with Crippen molar-refractivity contribution in [3.8, 4) is 11.1 Å². The summed E-state index contributed by atoms with van der Waals surface area (Å²) in [6.45, 7) is 4.45. The Labute approximate surface area is 163 Å². The standard InChI is InChI=1S/C25H32O2/c1-3-6-18-10-14-20(15-11-18)22-8-5-9-23(25(26)27)24(22)21-16-12-19(7-4-2)13-17-21/h5,8-11,14-15,19,21H,3-4,6-7,12-13,16-17H2,1-2H3,(H,26,27)/t19-,21-. The normalized spacial score (nSPS) is 19.8. The summed E-state index contributed by atoms with van der Waals surface area (Å²) in [7, 11) is 0. The molecule has 1 aliphatic rings. The van der Waals surface area contributed by atoms with Gasteiger partial charge in [-0.05, 0) is 72.3 Å². The van der Waals surface area contributed by atoms with Crippen LogP contribution in [0.25, 0.3) is 11.1 Å². The number of carbonyl (C=O) groups is 1. The molecule has 2 heteroatoms. The molecule has 1 saturated carbocycles. The molecule has 0 atom stereocenters. The number of benzene rings is 2. The zero-order valence-electron chi connectivity index (χ0n) is 16.7. The first-order valence-corrected chi connectivity index (χ1v) is 10.6. The number of rotatable bonds is 7. The van der Waals surface area contributed by atoms with Crippen molar-refractivity contribution < 1.29 is 9.90 Å². The van der Waals surface area contributed by atoms with Gasteiger partial charge in [0, 0.05) is 0 Å². The maximum Gasteiger partial charge on any atom is 0.335 e. The number of aryl methyl sites for hydroxylation is 1. The fourth-order valence-corrected chi connectivity index (χ4v) is 4.73. The third-order valence-corrected chi connectivity index (χ3v) is 6.09. The predicted octanol–water partition coefficient (Wildman–Crippen LogP) is 7.08. The van der Waals surface area contributed by atoms with Crippen LogP contribution < -0.4 is 0 Å². The SMILES string of the molecule is CCCc1ccc(-c2cccc(C(=O)O)c2[C@H]2CC[C@H](CCC)CC2)cc1. The molecule has 0 aromatic heterocycles. The van der Waals surface area contributed by atoms with Gasteiger partial charge in [0.05, 0.1) is 5.56 Å². The van der Waals surface area contributed by atoms with Crippen LogP contribution in [0.2, 0.25) is 0 Å². The monoisotopic (exact) mass is 364 g/mol. The van der Waals surface area contributed by atoms with Crippen LogP contribution in [-0.2, 0) is 6.42 Å². The Bertz CT molecular complexity index is 752. The quantitative estimate of drug-likeness (QED) is 0.570. The molecular formula is C25H32O2. The molecule has 2 aromatic carbocycles. The Morgan fingerprint density at radius 1 is 0.963 bits per heavy atom. The smallest absolute Gasteiger partial charge is 0.335 e. The second kappa shape index (κ2) is 9.21. The lowest BCUT2D eigenvalue weighted by molar-refractivity contribution is 0.0694. The van der Waals surface area contributed by atoms with Gasteiger partial charge in [0.1, 0.15) is 0 Å². The van der Waals surface area contributed by atoms with Crippen LogP contribution in [0.3, 0.4) is 0 Å². The first kappa shape index (κ1) is 19.7. The molecule has 2 aromatic rings. The van der Waals surface area contributed by atoms with Gasteiger partial charge in [-0.3, -0.25) is 0 Å². The van der Waals surface area contributed by atoms with Crippen molar-refractivity contribution in [2.45, 2.75) is 71.1 Å². The molecule has 0 saturated heterocycles. The van der Waals surface area contributed by atoms with Crippen LogP contribution in [0.4, 0.5) is 0 Å². The largest absolute Gasteiger partial charge is 0.478 e. The summed E-state index contributed by atoms with van der Waals surface area (Å²) >= 11 is 0. The molecule has 0 unspecified atom stereocenters. The average molecular weight is 365 g/mol. The van der Waals surface area contributed by atoms with Crippen LogP contribution in [0.1, 0.15) is 86.2 Å². The molecule has 0 radical (unpaired) electrons. The molecular weight excluding hydrogens is 332 g/mol. The van der Waals surface area contributed by atoms with Gasteiger partial charge in [0.2, 0.25) is 0 Å².